The van der Waals surface area contributed by atoms with Crippen LogP contribution < -0.4 is 10.2 Å². The predicted octanol–water partition coefficient (Wildman–Crippen LogP) is 2.92. The van der Waals surface area contributed by atoms with Gasteiger partial charge in [0.05, 0.1) is 11.6 Å². The van der Waals surface area contributed by atoms with Crippen LogP contribution in [0, 0.1) is 10.5 Å². The van der Waals surface area contributed by atoms with Crippen molar-refractivity contribution < 1.29 is 32.4 Å². The second kappa shape index (κ2) is 7.87. The Morgan fingerprint density at radius 1 is 1.47 bits per heavy atom. The van der Waals surface area contributed by atoms with Gasteiger partial charge in [-0.1, -0.05) is 23.8 Å². The summed E-state index contributed by atoms with van der Waals surface area (Å²) in [5.74, 6) is -0.441. The van der Waals surface area contributed by atoms with Gasteiger partial charge in [0.1, 0.15) is 28.5 Å². The molecule has 0 aliphatic carbocycles. The second-order valence-electron chi connectivity index (χ2n) is 6.71. The van der Waals surface area contributed by atoms with Crippen LogP contribution in [0.5, 0.6) is 5.75 Å². The Kier molecular flexibility index (Phi) is 5.69. The van der Waals surface area contributed by atoms with Crippen molar-refractivity contribution >= 4 is 39.5 Å². The highest BCUT2D eigenvalue weighted by Gasteiger charge is 2.48. The molecule has 0 saturated carbocycles. The Hall–Kier alpha value is -1.53. The Labute approximate surface area is 180 Å². The molecule has 14 heteroatoms. The monoisotopic (exact) mass is 474 g/mol. The van der Waals surface area contributed by atoms with Crippen LogP contribution in [0.1, 0.15) is 24.6 Å². The average molecular weight is 475 g/mol. The number of ether oxygens (including phenoxy) is 1. The zero-order valence-electron chi connectivity index (χ0n) is 15.1. The molecule has 1 aromatic heterocycles. The van der Waals surface area contributed by atoms with Crippen LogP contribution in [0.2, 0.25) is 5.02 Å². The summed E-state index contributed by atoms with van der Waals surface area (Å²) in [6, 6.07) is 3.53. The highest BCUT2D eigenvalue weighted by atomic mass is 35.5. The lowest BCUT2D eigenvalue weighted by Crippen LogP contribution is -2.45. The summed E-state index contributed by atoms with van der Waals surface area (Å²) in [6.07, 6.45) is -0.285. The number of aromatic nitrogens is 2. The molecular weight excluding hydrogens is 460 g/mol. The molecule has 9 nitrogen and oxygen atoms in total. The standard InChI is InChI=1S/C16H14BClFN2O7PS/c17-16(23,28-29(24)25-7-8-5-9(19)1-2-11(8)27-29)12-3-4-13(26-12)21-6-10(18)14(30)20-15(21)22/h1-2,5-6,12-13,23H,3-4,7H2,(H,20,22,30). The maximum atomic E-state index is 13.3. The number of rotatable bonds is 4. The molecule has 0 spiro atoms. The number of phosphoric acid groups is 1. The first-order valence-electron chi connectivity index (χ1n) is 8.67. The van der Waals surface area contributed by atoms with Crippen LogP contribution in [0.4, 0.5) is 4.39 Å². The number of nitrogens with zero attached hydrogens (tertiary/aromatic N) is 1. The van der Waals surface area contributed by atoms with E-state index in [9.17, 15) is 18.9 Å². The summed E-state index contributed by atoms with van der Waals surface area (Å²) >= 11 is 10.8. The van der Waals surface area contributed by atoms with Crippen molar-refractivity contribution in [3.8, 4) is 5.75 Å². The van der Waals surface area contributed by atoms with E-state index in [1.807, 2.05) is 0 Å². The van der Waals surface area contributed by atoms with Crippen molar-refractivity contribution in [2.45, 2.75) is 37.5 Å². The minimum atomic E-state index is -4.34. The van der Waals surface area contributed by atoms with Crippen LogP contribution in [0.25, 0.3) is 0 Å². The molecule has 2 N–H and O–H groups in total. The first kappa shape index (κ1) is 21.7. The lowest BCUT2D eigenvalue weighted by molar-refractivity contribution is -0.176. The number of aromatic amines is 1. The molecule has 1 aromatic carbocycles. The minimum Gasteiger partial charge on any atom is -0.404 e. The van der Waals surface area contributed by atoms with Crippen molar-refractivity contribution in [3.63, 3.8) is 0 Å². The highest BCUT2D eigenvalue weighted by molar-refractivity contribution is 7.71. The number of nitrogens with one attached hydrogen (secondary N) is 1. The van der Waals surface area contributed by atoms with Gasteiger partial charge in [-0.15, -0.1) is 0 Å². The zero-order valence-corrected chi connectivity index (χ0v) is 17.6. The quantitative estimate of drug-likeness (QED) is 0.301. The third-order valence-electron chi connectivity index (χ3n) is 4.56. The van der Waals surface area contributed by atoms with E-state index in [0.717, 1.165) is 16.7 Å². The second-order valence-corrected chi connectivity index (χ2v) is 9.04. The molecule has 2 aromatic rings. The van der Waals surface area contributed by atoms with Gasteiger partial charge >= 0.3 is 13.5 Å². The fourth-order valence-electron chi connectivity index (χ4n) is 3.13. The number of halogens is 2. The molecule has 0 bridgehead atoms. The summed E-state index contributed by atoms with van der Waals surface area (Å²) in [4.78, 5) is 14.5. The number of aliphatic hydroxyl groups is 1. The third kappa shape index (κ3) is 4.26. The molecule has 0 amide bonds. The maximum Gasteiger partial charge on any atom is 0.532 e. The summed E-state index contributed by atoms with van der Waals surface area (Å²) in [6.45, 7) is -0.272. The van der Waals surface area contributed by atoms with E-state index < -0.39 is 37.3 Å². The normalized spacial score (nSPS) is 27.8. The van der Waals surface area contributed by atoms with Crippen molar-refractivity contribution in [1.29, 1.82) is 0 Å². The highest BCUT2D eigenvalue weighted by Crippen LogP contribution is 2.57. The molecule has 4 atom stereocenters. The van der Waals surface area contributed by atoms with Crippen LogP contribution in [0.15, 0.2) is 29.2 Å². The van der Waals surface area contributed by atoms with Crippen molar-refractivity contribution in [2.24, 2.45) is 0 Å². The topological polar surface area (TPSA) is 112 Å². The van der Waals surface area contributed by atoms with E-state index in [1.54, 1.807) is 0 Å². The molecule has 2 aliphatic rings. The van der Waals surface area contributed by atoms with E-state index >= 15 is 0 Å². The predicted molar refractivity (Wildman–Crippen MR) is 105 cm³/mol. The Balaban J connectivity index is 1.49. The molecule has 2 radical (unpaired) electrons. The molecule has 1 saturated heterocycles. The SMILES string of the molecule is [B]C(O)(OP1(=O)OCc2cc(F)ccc2O1)C1CCC(n2cc(Cl)c(=S)[nH]c2=O)O1. The number of phosphoric ester groups is 1. The zero-order chi connectivity index (χ0) is 21.7. The molecule has 3 heterocycles. The molecule has 1 fully saturated rings. The lowest BCUT2D eigenvalue weighted by atomic mass is 9.88. The number of hydrogen-bond donors (Lipinski definition) is 2. The van der Waals surface area contributed by atoms with E-state index in [4.69, 9.17) is 50.0 Å². The molecule has 2 aliphatic heterocycles. The summed E-state index contributed by atoms with van der Waals surface area (Å²) in [5, 5.41) is 10.7. The van der Waals surface area contributed by atoms with E-state index in [-0.39, 0.29) is 34.9 Å². The number of H-pyrrole nitrogens is 1. The first-order chi connectivity index (χ1) is 14.1. The van der Waals surface area contributed by atoms with Crippen LogP contribution in [-0.2, 0) is 25.0 Å². The largest absolute Gasteiger partial charge is 0.532 e. The van der Waals surface area contributed by atoms with Gasteiger partial charge in [0, 0.05) is 11.8 Å². The number of benzene rings is 1. The van der Waals surface area contributed by atoms with E-state index in [2.05, 4.69) is 4.98 Å². The van der Waals surface area contributed by atoms with Gasteiger partial charge in [-0.05, 0) is 31.0 Å². The van der Waals surface area contributed by atoms with Crippen LogP contribution in [0.3, 0.4) is 0 Å². The molecule has 4 rings (SSSR count). The molecular formula is C16H14BClFN2O7PS. The first-order valence-corrected chi connectivity index (χ1v) is 10.9. The van der Waals surface area contributed by atoms with Crippen molar-refractivity contribution in [1.82, 2.24) is 9.55 Å². The van der Waals surface area contributed by atoms with Gasteiger partial charge in [0.25, 0.3) is 0 Å². The summed E-state index contributed by atoms with van der Waals surface area (Å²) < 4.78 is 48.3. The number of fused-ring (bicyclic) bond motifs is 1. The van der Waals surface area contributed by atoms with Gasteiger partial charge in [0.2, 0.25) is 0 Å². The summed E-state index contributed by atoms with van der Waals surface area (Å²) in [7, 11) is 1.46. The third-order valence-corrected chi connectivity index (χ3v) is 6.66. The van der Waals surface area contributed by atoms with Crippen molar-refractivity contribution in [2.75, 3.05) is 0 Å². The van der Waals surface area contributed by atoms with E-state index in [0.29, 0.717) is 5.56 Å². The summed E-state index contributed by atoms with van der Waals surface area (Å²) in [5.41, 5.74) is -2.82. The Morgan fingerprint density at radius 2 is 2.23 bits per heavy atom. The van der Waals surface area contributed by atoms with Gasteiger partial charge in [-0.2, -0.15) is 0 Å². The van der Waals surface area contributed by atoms with Gasteiger partial charge < -0.3 is 14.4 Å². The van der Waals surface area contributed by atoms with Crippen LogP contribution >= 0.6 is 31.6 Å². The fourth-order valence-corrected chi connectivity index (χ4v) is 4.76. The smallest absolute Gasteiger partial charge is 0.404 e. The lowest BCUT2D eigenvalue weighted by Gasteiger charge is -2.34. The van der Waals surface area contributed by atoms with Gasteiger partial charge in [0.15, 0.2) is 13.5 Å². The fraction of sp³-hybridized carbons (Fsp3) is 0.375. The molecule has 30 heavy (non-hydrogen) atoms. The maximum absolute atomic E-state index is 13.3. The number of hydrogen-bond acceptors (Lipinski definition) is 8. The van der Waals surface area contributed by atoms with Gasteiger partial charge in [-0.3, -0.25) is 18.6 Å². The van der Waals surface area contributed by atoms with Gasteiger partial charge in [-0.25, -0.2) is 13.8 Å². The molecule has 158 valence electrons. The van der Waals surface area contributed by atoms with Crippen molar-refractivity contribution in [3.05, 3.63) is 55.9 Å². The van der Waals surface area contributed by atoms with E-state index in [1.165, 1.54) is 12.3 Å². The Morgan fingerprint density at radius 3 is 3.00 bits per heavy atom. The average Bonchev–Trinajstić information content (AvgIpc) is 3.15. The minimum absolute atomic E-state index is 0.0766. The molecule has 4 unspecified atom stereocenters. The Bertz CT molecular complexity index is 1160. The van der Waals surface area contributed by atoms with Crippen LogP contribution in [-0.4, -0.2) is 34.3 Å².